The molecule has 2 aliphatic rings. The molecule has 3 rings (SSSR count). The molecular weight excluding hydrogens is 287 g/mol. The van der Waals surface area contributed by atoms with Crippen molar-refractivity contribution in [3.05, 3.63) is 27.7 Å². The topological polar surface area (TPSA) is 66.6 Å². The van der Waals surface area contributed by atoms with Crippen LogP contribution in [0.1, 0.15) is 24.3 Å². The molecule has 1 amide bonds. The Balaban J connectivity index is 1.91. The highest BCUT2D eigenvalue weighted by Crippen LogP contribution is 2.44. The summed E-state index contributed by atoms with van der Waals surface area (Å²) in [6.45, 7) is 0.546. The van der Waals surface area contributed by atoms with E-state index in [0.29, 0.717) is 28.6 Å². The lowest BCUT2D eigenvalue weighted by atomic mass is 9.93. The smallest absolute Gasteiger partial charge is 0.239 e. The standard InChI is InChI=1S/C13H14Cl2N2O2/c14-8-1-2-10(18)11(12(8)15)6-3-7-4-9(16)13(19)17(7)5-6/h1-2,6-7,9,18H,3-5,16H2/t6-,7?,9-/m0/s1. The molecule has 1 aromatic carbocycles. The van der Waals surface area contributed by atoms with E-state index in [-0.39, 0.29) is 29.7 Å². The highest BCUT2D eigenvalue weighted by atomic mass is 35.5. The van der Waals surface area contributed by atoms with Gasteiger partial charge in [0.1, 0.15) is 5.75 Å². The van der Waals surface area contributed by atoms with E-state index < -0.39 is 0 Å². The molecule has 1 aromatic rings. The summed E-state index contributed by atoms with van der Waals surface area (Å²) in [6, 6.07) is 2.89. The van der Waals surface area contributed by atoms with Crippen molar-refractivity contribution in [1.29, 1.82) is 0 Å². The number of phenols is 1. The van der Waals surface area contributed by atoms with E-state index in [9.17, 15) is 9.90 Å². The highest BCUT2D eigenvalue weighted by Gasteiger charge is 2.45. The van der Waals surface area contributed by atoms with Gasteiger partial charge in [-0.25, -0.2) is 0 Å². The van der Waals surface area contributed by atoms with Crippen molar-refractivity contribution < 1.29 is 9.90 Å². The van der Waals surface area contributed by atoms with Crippen LogP contribution in [0.25, 0.3) is 0 Å². The van der Waals surface area contributed by atoms with E-state index in [1.54, 1.807) is 17.0 Å². The fraction of sp³-hybridized carbons (Fsp3) is 0.462. The number of hydrogen-bond acceptors (Lipinski definition) is 3. The average Bonchev–Trinajstić information content (AvgIpc) is 2.86. The zero-order chi connectivity index (χ0) is 13.7. The summed E-state index contributed by atoms with van der Waals surface area (Å²) in [5, 5.41) is 10.8. The third kappa shape index (κ3) is 1.98. The first-order valence-corrected chi connectivity index (χ1v) is 6.97. The fourth-order valence-corrected chi connectivity index (χ4v) is 3.65. The first-order chi connectivity index (χ1) is 8.99. The summed E-state index contributed by atoms with van der Waals surface area (Å²) >= 11 is 12.2. The molecule has 3 N–H and O–H groups in total. The monoisotopic (exact) mass is 300 g/mol. The molecule has 0 aliphatic carbocycles. The minimum Gasteiger partial charge on any atom is -0.508 e. The predicted molar refractivity (Wildman–Crippen MR) is 73.6 cm³/mol. The molecule has 19 heavy (non-hydrogen) atoms. The van der Waals surface area contributed by atoms with E-state index in [0.717, 1.165) is 6.42 Å². The van der Waals surface area contributed by atoms with Gasteiger partial charge in [-0.05, 0) is 25.0 Å². The van der Waals surface area contributed by atoms with Crippen molar-refractivity contribution in [2.24, 2.45) is 5.73 Å². The first kappa shape index (κ1) is 13.0. The zero-order valence-corrected chi connectivity index (χ0v) is 11.7. The quantitative estimate of drug-likeness (QED) is 0.835. The van der Waals surface area contributed by atoms with E-state index in [2.05, 4.69) is 0 Å². The number of aromatic hydroxyl groups is 1. The molecule has 0 spiro atoms. The Morgan fingerprint density at radius 1 is 1.32 bits per heavy atom. The second-order valence-electron chi connectivity index (χ2n) is 5.21. The minimum absolute atomic E-state index is 0.00913. The van der Waals surface area contributed by atoms with Crippen LogP contribution >= 0.6 is 23.2 Å². The van der Waals surface area contributed by atoms with Gasteiger partial charge in [0.15, 0.2) is 0 Å². The van der Waals surface area contributed by atoms with Crippen molar-refractivity contribution in [3.8, 4) is 5.75 Å². The van der Waals surface area contributed by atoms with Crippen LogP contribution < -0.4 is 5.73 Å². The average molecular weight is 301 g/mol. The maximum absolute atomic E-state index is 11.9. The van der Waals surface area contributed by atoms with Crippen molar-refractivity contribution in [2.45, 2.75) is 30.8 Å². The van der Waals surface area contributed by atoms with Gasteiger partial charge in [-0.3, -0.25) is 4.79 Å². The molecule has 0 aromatic heterocycles. The minimum atomic E-state index is -0.380. The molecule has 0 saturated carbocycles. The number of nitrogens with zero attached hydrogens (tertiary/aromatic N) is 1. The third-order valence-electron chi connectivity index (χ3n) is 4.06. The van der Waals surface area contributed by atoms with Gasteiger partial charge in [0, 0.05) is 24.1 Å². The summed E-state index contributed by atoms with van der Waals surface area (Å²) in [7, 11) is 0. The van der Waals surface area contributed by atoms with E-state index in [1.165, 1.54) is 0 Å². The molecule has 3 atom stereocenters. The van der Waals surface area contributed by atoms with Gasteiger partial charge in [-0.2, -0.15) is 0 Å². The molecular formula is C13H14Cl2N2O2. The van der Waals surface area contributed by atoms with Crippen LogP contribution in [0, 0.1) is 0 Å². The molecule has 2 saturated heterocycles. The third-order valence-corrected chi connectivity index (χ3v) is 4.88. The number of hydrogen-bond donors (Lipinski definition) is 2. The van der Waals surface area contributed by atoms with Gasteiger partial charge in [-0.15, -0.1) is 0 Å². The van der Waals surface area contributed by atoms with Crippen LogP contribution in [-0.4, -0.2) is 34.5 Å². The molecule has 0 bridgehead atoms. The van der Waals surface area contributed by atoms with Crippen molar-refractivity contribution in [2.75, 3.05) is 6.54 Å². The number of nitrogens with two attached hydrogens (primary N) is 1. The lowest BCUT2D eigenvalue weighted by molar-refractivity contribution is -0.128. The van der Waals surface area contributed by atoms with Crippen molar-refractivity contribution in [3.63, 3.8) is 0 Å². The number of rotatable bonds is 1. The van der Waals surface area contributed by atoms with E-state index in [1.807, 2.05) is 0 Å². The van der Waals surface area contributed by atoms with Gasteiger partial charge < -0.3 is 15.7 Å². The maximum atomic E-state index is 11.9. The molecule has 1 unspecified atom stereocenters. The van der Waals surface area contributed by atoms with Crippen LogP contribution in [0.5, 0.6) is 5.75 Å². The molecule has 102 valence electrons. The fourth-order valence-electron chi connectivity index (χ4n) is 3.17. The Hall–Kier alpha value is -0.970. The summed E-state index contributed by atoms with van der Waals surface area (Å²) in [5.74, 6) is 0.148. The van der Waals surface area contributed by atoms with Crippen molar-refractivity contribution in [1.82, 2.24) is 4.90 Å². The number of amides is 1. The number of halogens is 2. The van der Waals surface area contributed by atoms with E-state index in [4.69, 9.17) is 28.9 Å². The molecule has 2 heterocycles. The Labute approximate surface area is 121 Å². The van der Waals surface area contributed by atoms with Gasteiger partial charge in [0.25, 0.3) is 0 Å². The lowest BCUT2D eigenvalue weighted by Crippen LogP contribution is -2.34. The Morgan fingerprint density at radius 3 is 2.74 bits per heavy atom. The second kappa shape index (κ2) is 4.54. The Bertz CT molecular complexity index is 550. The van der Waals surface area contributed by atoms with Crippen LogP contribution in [0.3, 0.4) is 0 Å². The zero-order valence-electron chi connectivity index (χ0n) is 10.1. The Kier molecular flexibility index (Phi) is 3.12. The van der Waals surface area contributed by atoms with Crippen LogP contribution in [0.2, 0.25) is 10.0 Å². The SMILES string of the molecule is N[C@H]1CC2C[C@H](c3c(O)ccc(Cl)c3Cl)CN2C1=O. The molecule has 2 fully saturated rings. The number of fused-ring (bicyclic) bond motifs is 1. The number of carbonyl (C=O) groups is 1. The first-order valence-electron chi connectivity index (χ1n) is 6.22. The molecule has 0 radical (unpaired) electrons. The predicted octanol–water partition coefficient (Wildman–Crippen LogP) is 2.11. The number of carbonyl (C=O) groups excluding carboxylic acids is 1. The number of phenolic OH excluding ortho intramolecular Hbond substituents is 1. The summed E-state index contributed by atoms with van der Waals surface area (Å²) < 4.78 is 0. The van der Waals surface area contributed by atoms with Crippen LogP contribution in [0.15, 0.2) is 12.1 Å². The highest BCUT2D eigenvalue weighted by molar-refractivity contribution is 6.42. The summed E-state index contributed by atoms with van der Waals surface area (Å²) in [6.07, 6.45) is 1.45. The normalized spacial score (nSPS) is 29.9. The van der Waals surface area contributed by atoms with Gasteiger partial charge in [-0.1, -0.05) is 23.2 Å². The van der Waals surface area contributed by atoms with Crippen molar-refractivity contribution >= 4 is 29.1 Å². The molecule has 2 aliphatic heterocycles. The van der Waals surface area contributed by atoms with E-state index >= 15 is 0 Å². The molecule has 4 nitrogen and oxygen atoms in total. The lowest BCUT2D eigenvalue weighted by Gasteiger charge is -2.17. The summed E-state index contributed by atoms with van der Waals surface area (Å²) in [4.78, 5) is 13.7. The Morgan fingerprint density at radius 2 is 2.05 bits per heavy atom. The summed E-state index contributed by atoms with van der Waals surface area (Å²) in [5.41, 5.74) is 6.39. The largest absolute Gasteiger partial charge is 0.508 e. The molecule has 6 heteroatoms. The van der Waals surface area contributed by atoms with Crippen LogP contribution in [0.4, 0.5) is 0 Å². The van der Waals surface area contributed by atoms with Crippen LogP contribution in [-0.2, 0) is 4.79 Å². The van der Waals surface area contributed by atoms with Gasteiger partial charge in [0.2, 0.25) is 5.91 Å². The number of benzene rings is 1. The van der Waals surface area contributed by atoms with Gasteiger partial charge >= 0.3 is 0 Å². The maximum Gasteiger partial charge on any atom is 0.239 e. The second-order valence-corrected chi connectivity index (χ2v) is 6.00. The van der Waals surface area contributed by atoms with Gasteiger partial charge in [0.05, 0.1) is 16.1 Å².